The highest BCUT2D eigenvalue weighted by Crippen LogP contribution is 2.45. The van der Waals surface area contributed by atoms with Gasteiger partial charge in [-0.1, -0.05) is 242 Å². The van der Waals surface area contributed by atoms with Crippen molar-refractivity contribution in [3.63, 3.8) is 0 Å². The van der Waals surface area contributed by atoms with E-state index in [1.54, 1.807) is 0 Å². The number of phosphoric acid groups is 2. The van der Waals surface area contributed by atoms with Crippen LogP contribution in [0.2, 0.25) is 0 Å². The van der Waals surface area contributed by atoms with Gasteiger partial charge in [-0.15, -0.1) is 0 Å². The van der Waals surface area contributed by atoms with Gasteiger partial charge >= 0.3 is 39.5 Å². The lowest BCUT2D eigenvalue weighted by atomic mass is 10.00. The van der Waals surface area contributed by atoms with Gasteiger partial charge in [0, 0.05) is 25.7 Å². The highest BCUT2D eigenvalue weighted by Gasteiger charge is 2.30. The maximum absolute atomic E-state index is 12.9. The third-order valence-electron chi connectivity index (χ3n) is 14.4. The van der Waals surface area contributed by atoms with Gasteiger partial charge in [-0.05, 0) is 49.4 Å². The number of carbonyl (C=O) groups excluding carboxylic acids is 4. The fourth-order valence-electron chi connectivity index (χ4n) is 9.04. The van der Waals surface area contributed by atoms with Crippen LogP contribution in [0.25, 0.3) is 0 Å². The molecule has 480 valence electrons. The molecule has 3 N–H and O–H groups in total. The van der Waals surface area contributed by atoms with Crippen LogP contribution in [0.5, 0.6) is 0 Å². The molecule has 0 heterocycles. The van der Waals surface area contributed by atoms with Crippen LogP contribution in [-0.4, -0.2) is 96.7 Å². The Labute approximate surface area is 492 Å². The van der Waals surface area contributed by atoms with E-state index < -0.39 is 97.5 Å². The molecule has 0 aliphatic rings. The number of esters is 4. The minimum atomic E-state index is -4.94. The first kappa shape index (κ1) is 79.1. The lowest BCUT2D eigenvalue weighted by molar-refractivity contribution is -0.161. The predicted octanol–water partition coefficient (Wildman–Crippen LogP) is 16.6. The Morgan fingerprint density at radius 2 is 0.593 bits per heavy atom. The second kappa shape index (κ2) is 52.4. The highest BCUT2D eigenvalue weighted by atomic mass is 31.2. The van der Waals surface area contributed by atoms with E-state index in [4.69, 9.17) is 37.0 Å². The second-order valence-electron chi connectivity index (χ2n) is 24.1. The Morgan fingerprint density at radius 3 is 0.877 bits per heavy atom. The zero-order chi connectivity index (χ0) is 60.4. The van der Waals surface area contributed by atoms with Gasteiger partial charge in [-0.3, -0.25) is 37.3 Å². The first-order valence-electron chi connectivity index (χ1n) is 32.2. The summed E-state index contributed by atoms with van der Waals surface area (Å²) < 4.78 is 67.9. The quantitative estimate of drug-likeness (QED) is 0.0222. The molecule has 0 amide bonds. The third kappa shape index (κ3) is 55.7. The van der Waals surface area contributed by atoms with Crippen LogP contribution in [-0.2, 0) is 65.4 Å². The molecule has 0 saturated carbocycles. The molecular formula is C62H120O17P2. The van der Waals surface area contributed by atoms with Gasteiger partial charge < -0.3 is 33.8 Å². The summed E-state index contributed by atoms with van der Waals surface area (Å²) in [4.78, 5) is 72.1. The lowest BCUT2D eigenvalue weighted by Crippen LogP contribution is -2.30. The van der Waals surface area contributed by atoms with Crippen LogP contribution in [0.15, 0.2) is 0 Å². The summed E-state index contributed by atoms with van der Waals surface area (Å²) >= 11 is 0. The fraction of sp³-hybridized carbons (Fsp3) is 0.935. The van der Waals surface area contributed by atoms with E-state index in [1.807, 2.05) is 0 Å². The van der Waals surface area contributed by atoms with Crippen LogP contribution >= 0.6 is 15.6 Å². The summed E-state index contributed by atoms with van der Waals surface area (Å²) in [5.41, 5.74) is 0. The largest absolute Gasteiger partial charge is 0.472 e. The van der Waals surface area contributed by atoms with Crippen molar-refractivity contribution in [2.45, 2.75) is 311 Å². The molecule has 81 heavy (non-hydrogen) atoms. The molecule has 0 aromatic carbocycles. The summed E-state index contributed by atoms with van der Waals surface area (Å²) in [5, 5.41) is 10.5. The standard InChI is InChI=1S/C62H120O17P2/c1-9-55(8)41-33-25-19-21-29-37-45-62(67)79-58(49-73-60(65)43-35-27-20-18-24-32-40-54(6)7)51-77-81(70,71)75-47-56(63)46-74-80(68,69)76-50-57(78-61(66)44-36-28-17-13-11-15-23-31-39-53(4)5)48-72-59(64)42-34-26-16-12-10-14-22-30-38-52(2)3/h52-58,63H,9-51H2,1-8H3,(H,68,69)(H,70,71)/t55?,56?,57-,58-/m1/s1. The number of carbonyl (C=O) groups is 4. The normalized spacial score (nSPS) is 14.8. The maximum atomic E-state index is 12.9. The minimum absolute atomic E-state index is 0.101. The van der Waals surface area contributed by atoms with Crippen molar-refractivity contribution in [1.29, 1.82) is 0 Å². The molecule has 4 unspecified atom stereocenters. The van der Waals surface area contributed by atoms with E-state index >= 15 is 0 Å². The minimum Gasteiger partial charge on any atom is -0.462 e. The van der Waals surface area contributed by atoms with E-state index in [0.29, 0.717) is 31.6 Å². The van der Waals surface area contributed by atoms with Gasteiger partial charge in [0.1, 0.15) is 19.3 Å². The first-order chi connectivity index (χ1) is 38.6. The summed E-state index contributed by atoms with van der Waals surface area (Å²) in [5.74, 6) is 0.697. The van der Waals surface area contributed by atoms with Crippen molar-refractivity contribution >= 4 is 39.5 Å². The molecule has 0 aliphatic carbocycles. The van der Waals surface area contributed by atoms with Crippen molar-refractivity contribution in [1.82, 2.24) is 0 Å². The maximum Gasteiger partial charge on any atom is 0.472 e. The average molecular weight is 1200 g/mol. The first-order valence-corrected chi connectivity index (χ1v) is 35.2. The summed E-state index contributed by atoms with van der Waals surface area (Å²) in [7, 11) is -9.88. The van der Waals surface area contributed by atoms with Crippen LogP contribution in [0.3, 0.4) is 0 Å². The fourth-order valence-corrected chi connectivity index (χ4v) is 10.6. The Hall–Kier alpha value is -1.94. The summed E-state index contributed by atoms with van der Waals surface area (Å²) in [6, 6.07) is 0. The van der Waals surface area contributed by atoms with Crippen molar-refractivity contribution in [2.75, 3.05) is 39.6 Å². The molecule has 0 radical (unpaired) electrons. The zero-order valence-corrected chi connectivity index (χ0v) is 54.2. The van der Waals surface area contributed by atoms with Gasteiger partial charge in [0.2, 0.25) is 0 Å². The van der Waals surface area contributed by atoms with Crippen LogP contribution < -0.4 is 0 Å². The highest BCUT2D eigenvalue weighted by molar-refractivity contribution is 7.47. The van der Waals surface area contributed by atoms with Crippen molar-refractivity contribution in [2.24, 2.45) is 23.7 Å². The lowest BCUT2D eigenvalue weighted by Gasteiger charge is -2.21. The van der Waals surface area contributed by atoms with Gasteiger partial charge in [-0.25, -0.2) is 9.13 Å². The predicted molar refractivity (Wildman–Crippen MR) is 321 cm³/mol. The van der Waals surface area contributed by atoms with Gasteiger partial charge in [0.25, 0.3) is 0 Å². The van der Waals surface area contributed by atoms with Crippen molar-refractivity contribution in [3.8, 4) is 0 Å². The number of unbranched alkanes of at least 4 members (excludes halogenated alkanes) is 24. The van der Waals surface area contributed by atoms with Crippen LogP contribution in [0.1, 0.15) is 293 Å². The van der Waals surface area contributed by atoms with Gasteiger partial charge in [0.05, 0.1) is 26.4 Å². The average Bonchev–Trinajstić information content (AvgIpc) is 3.41. The number of hydrogen-bond donors (Lipinski definition) is 3. The molecule has 0 fully saturated rings. The molecular weight excluding hydrogens is 1080 g/mol. The number of phosphoric ester groups is 2. The molecule has 0 aromatic rings. The van der Waals surface area contributed by atoms with Gasteiger partial charge in [0.15, 0.2) is 12.2 Å². The Balaban J connectivity index is 5.26. The SMILES string of the molecule is CCC(C)CCCCCCCCC(=O)O[C@H](COC(=O)CCCCCCCCC(C)C)COP(=O)(O)OCC(O)COP(=O)(O)OC[C@@H](COC(=O)CCCCCCCCCCC(C)C)OC(=O)CCCCCCCCCCC(C)C. The third-order valence-corrected chi connectivity index (χ3v) is 16.3. The topological polar surface area (TPSA) is 237 Å². The molecule has 0 bridgehead atoms. The van der Waals surface area contributed by atoms with Crippen molar-refractivity contribution < 1.29 is 80.2 Å². The van der Waals surface area contributed by atoms with E-state index in [2.05, 4.69) is 55.4 Å². The van der Waals surface area contributed by atoms with Gasteiger partial charge in [-0.2, -0.15) is 0 Å². The molecule has 0 aliphatic heterocycles. The number of aliphatic hydroxyl groups is 1. The summed E-state index contributed by atoms with van der Waals surface area (Å²) in [6.07, 6.45) is 31.0. The van der Waals surface area contributed by atoms with E-state index in [0.717, 1.165) is 114 Å². The Morgan fingerprint density at radius 1 is 0.346 bits per heavy atom. The van der Waals surface area contributed by atoms with Crippen molar-refractivity contribution in [3.05, 3.63) is 0 Å². The Bertz CT molecular complexity index is 1630. The van der Waals surface area contributed by atoms with Crippen LogP contribution in [0.4, 0.5) is 0 Å². The Kier molecular flexibility index (Phi) is 51.1. The van der Waals surface area contributed by atoms with Crippen LogP contribution in [0, 0.1) is 23.7 Å². The molecule has 19 heteroatoms. The molecule has 17 nitrogen and oxygen atoms in total. The number of hydrogen-bond acceptors (Lipinski definition) is 15. The smallest absolute Gasteiger partial charge is 0.462 e. The molecule has 0 saturated heterocycles. The zero-order valence-electron chi connectivity index (χ0n) is 52.4. The molecule has 0 aromatic heterocycles. The number of ether oxygens (including phenoxy) is 4. The van der Waals surface area contributed by atoms with E-state index in [9.17, 15) is 43.2 Å². The number of rotatable bonds is 59. The molecule has 0 rings (SSSR count). The molecule has 6 atom stereocenters. The van der Waals surface area contributed by atoms with E-state index in [1.165, 1.54) is 89.9 Å². The molecule has 0 spiro atoms. The second-order valence-corrected chi connectivity index (χ2v) is 27.0. The monoisotopic (exact) mass is 1200 g/mol. The summed E-state index contributed by atoms with van der Waals surface area (Å²) in [6.45, 7) is 13.9. The number of aliphatic hydroxyl groups excluding tert-OH is 1. The van der Waals surface area contributed by atoms with E-state index in [-0.39, 0.29) is 25.7 Å².